The van der Waals surface area contributed by atoms with E-state index < -0.39 is 11.7 Å². The lowest BCUT2D eigenvalue weighted by Crippen LogP contribution is -2.23. The van der Waals surface area contributed by atoms with Crippen molar-refractivity contribution in [1.82, 2.24) is 5.53 Å². The Balaban J connectivity index is 2.32. The van der Waals surface area contributed by atoms with Gasteiger partial charge in [-0.1, -0.05) is 6.07 Å². The highest BCUT2D eigenvalue weighted by molar-refractivity contribution is 6.03. The van der Waals surface area contributed by atoms with Crippen LogP contribution in [-0.2, 0) is 6.18 Å². The van der Waals surface area contributed by atoms with E-state index in [4.69, 9.17) is 11.6 Å². The summed E-state index contributed by atoms with van der Waals surface area (Å²) < 4.78 is 37.7. The van der Waals surface area contributed by atoms with Crippen molar-refractivity contribution in [2.75, 3.05) is 5.32 Å². The lowest BCUT2D eigenvalue weighted by Gasteiger charge is -2.14. The molecule has 0 unspecified atom stereocenters. The monoisotopic (exact) mass is 323 g/mol. The number of halogens is 3. The van der Waals surface area contributed by atoms with Gasteiger partial charge in [-0.15, -0.1) is 5.10 Å². The van der Waals surface area contributed by atoms with Crippen LogP contribution in [0.25, 0.3) is 0 Å². The number of nitrogens with one attached hydrogen (secondary N) is 2. The third kappa shape index (κ3) is 4.13. The molecule has 6 N–H and O–H groups in total. The van der Waals surface area contributed by atoms with Crippen molar-refractivity contribution < 1.29 is 13.2 Å². The van der Waals surface area contributed by atoms with E-state index in [9.17, 15) is 13.2 Å². The number of hydrazone groups is 1. The number of hydrazine groups is 1. The molecule has 0 aromatic heterocycles. The number of nitrogens with zero attached hydrogens (tertiary/aromatic N) is 1. The third-order valence-corrected chi connectivity index (χ3v) is 3.13. The van der Waals surface area contributed by atoms with Gasteiger partial charge in [-0.25, -0.2) is 11.4 Å². The summed E-state index contributed by atoms with van der Waals surface area (Å²) >= 11 is 0. The Morgan fingerprint density at radius 1 is 1.09 bits per heavy atom. The van der Waals surface area contributed by atoms with Gasteiger partial charge in [0.2, 0.25) is 0 Å². The maximum absolute atomic E-state index is 12.6. The second kappa shape index (κ2) is 6.57. The largest absolute Gasteiger partial charge is 0.416 e. The van der Waals surface area contributed by atoms with Crippen molar-refractivity contribution in [2.45, 2.75) is 13.1 Å². The first-order valence-electron chi connectivity index (χ1n) is 6.65. The molecule has 0 bridgehead atoms. The van der Waals surface area contributed by atoms with Crippen LogP contribution < -0.4 is 22.4 Å². The third-order valence-electron chi connectivity index (χ3n) is 3.13. The first kappa shape index (κ1) is 16.6. The maximum atomic E-state index is 12.6. The van der Waals surface area contributed by atoms with Crippen LogP contribution in [0.2, 0.25) is 0 Å². The normalized spacial score (nSPS) is 12.1. The highest BCUT2D eigenvalue weighted by Gasteiger charge is 2.29. The van der Waals surface area contributed by atoms with Crippen LogP contribution in [0, 0.1) is 6.92 Å². The van der Waals surface area contributed by atoms with Crippen molar-refractivity contribution in [2.24, 2.45) is 16.7 Å². The molecule has 0 saturated heterocycles. The van der Waals surface area contributed by atoms with Crippen LogP contribution in [0.15, 0.2) is 47.6 Å². The van der Waals surface area contributed by atoms with Gasteiger partial charge in [-0.3, -0.25) is 0 Å². The number of aryl methyl sites for hydroxylation is 1. The van der Waals surface area contributed by atoms with E-state index in [1.54, 1.807) is 6.07 Å². The van der Waals surface area contributed by atoms with Crippen molar-refractivity contribution in [3.8, 4) is 0 Å². The van der Waals surface area contributed by atoms with Crippen molar-refractivity contribution in [3.05, 3.63) is 59.2 Å². The summed E-state index contributed by atoms with van der Waals surface area (Å²) in [5.41, 5.74) is 9.85. The van der Waals surface area contributed by atoms with Crippen LogP contribution in [0.3, 0.4) is 0 Å². The van der Waals surface area contributed by atoms with Crippen LogP contribution in [0.4, 0.5) is 24.5 Å². The summed E-state index contributed by atoms with van der Waals surface area (Å²) in [4.78, 5) is 0. The summed E-state index contributed by atoms with van der Waals surface area (Å²) in [6.45, 7) is 1.89. The van der Waals surface area contributed by atoms with Crippen molar-refractivity contribution >= 4 is 17.2 Å². The van der Waals surface area contributed by atoms with Gasteiger partial charge in [0.15, 0.2) is 5.84 Å². The average molecular weight is 323 g/mol. The highest BCUT2D eigenvalue weighted by Crippen LogP contribution is 2.30. The molecule has 8 heteroatoms. The van der Waals surface area contributed by atoms with Gasteiger partial charge in [-0.05, 0) is 48.9 Å². The van der Waals surface area contributed by atoms with E-state index in [0.29, 0.717) is 16.9 Å². The summed E-state index contributed by atoms with van der Waals surface area (Å²) in [5.74, 6) is 5.27. The number of alkyl halides is 3. The zero-order valence-electron chi connectivity index (χ0n) is 12.3. The maximum Gasteiger partial charge on any atom is 0.416 e. The summed E-state index contributed by atoms with van der Waals surface area (Å²) in [5, 5.41) is 6.74. The van der Waals surface area contributed by atoms with E-state index >= 15 is 0 Å². The quantitative estimate of drug-likeness (QED) is 0.301. The number of hydrogen-bond acceptors (Lipinski definition) is 4. The minimum atomic E-state index is -4.36. The average Bonchev–Trinajstić information content (AvgIpc) is 2.47. The van der Waals surface area contributed by atoms with Gasteiger partial charge < -0.3 is 11.1 Å². The van der Waals surface area contributed by atoms with Crippen LogP contribution in [-0.4, -0.2) is 5.84 Å². The molecule has 2 aromatic rings. The molecule has 0 aliphatic rings. The summed E-state index contributed by atoms with van der Waals surface area (Å²) in [7, 11) is 0. The Hall–Kier alpha value is -2.74. The molecule has 2 aromatic carbocycles. The molecule has 5 nitrogen and oxygen atoms in total. The zero-order chi connectivity index (χ0) is 17.0. The number of hydrogen-bond donors (Lipinski definition) is 4. The van der Waals surface area contributed by atoms with E-state index in [0.717, 1.165) is 17.7 Å². The second-order valence-electron chi connectivity index (χ2n) is 4.88. The zero-order valence-corrected chi connectivity index (χ0v) is 12.3. The molecule has 23 heavy (non-hydrogen) atoms. The minimum Gasteiger partial charge on any atom is -0.382 e. The molecule has 0 aliphatic heterocycles. The first-order chi connectivity index (χ1) is 10.8. The van der Waals surface area contributed by atoms with Crippen LogP contribution in [0.1, 0.15) is 16.7 Å². The van der Waals surface area contributed by atoms with E-state index in [-0.39, 0.29) is 5.84 Å². The van der Waals surface area contributed by atoms with Crippen LogP contribution >= 0.6 is 0 Å². The van der Waals surface area contributed by atoms with E-state index in [2.05, 4.69) is 16.0 Å². The molecular weight excluding hydrogens is 307 g/mol. The van der Waals surface area contributed by atoms with Crippen molar-refractivity contribution in [3.63, 3.8) is 0 Å². The van der Waals surface area contributed by atoms with E-state index in [1.807, 2.05) is 19.1 Å². The SMILES string of the molecule is Cc1ccc(/C(N)=N/NN)c(Nc2ccc(C(F)(F)F)cc2)c1. The molecule has 0 amide bonds. The number of anilines is 2. The Labute approximate surface area is 131 Å². The predicted octanol–water partition coefficient (Wildman–Crippen LogP) is 2.84. The Morgan fingerprint density at radius 3 is 2.30 bits per heavy atom. The molecule has 0 fully saturated rings. The molecule has 122 valence electrons. The van der Waals surface area contributed by atoms with Gasteiger partial charge in [0, 0.05) is 16.9 Å². The van der Waals surface area contributed by atoms with E-state index in [1.165, 1.54) is 12.1 Å². The fraction of sp³-hybridized carbons (Fsp3) is 0.133. The van der Waals surface area contributed by atoms with Gasteiger partial charge in [0.05, 0.1) is 5.56 Å². The molecule has 0 aliphatic carbocycles. The summed E-state index contributed by atoms with van der Waals surface area (Å²) in [6, 6.07) is 10.1. The Morgan fingerprint density at radius 2 is 1.74 bits per heavy atom. The highest BCUT2D eigenvalue weighted by atomic mass is 19.4. The molecule has 2 rings (SSSR count). The van der Waals surface area contributed by atoms with Gasteiger partial charge in [-0.2, -0.15) is 13.2 Å². The molecule has 0 atom stereocenters. The van der Waals surface area contributed by atoms with Gasteiger partial charge in [0.25, 0.3) is 0 Å². The second-order valence-corrected chi connectivity index (χ2v) is 4.88. The molecule has 0 spiro atoms. The Bertz CT molecular complexity index is 708. The molecular formula is C15H16F3N5. The lowest BCUT2D eigenvalue weighted by atomic mass is 10.1. The fourth-order valence-corrected chi connectivity index (χ4v) is 2.01. The summed E-state index contributed by atoms with van der Waals surface area (Å²) in [6.07, 6.45) is -4.36. The number of nitrogens with two attached hydrogens (primary N) is 2. The first-order valence-corrected chi connectivity index (χ1v) is 6.65. The molecule has 0 saturated carbocycles. The Kier molecular flexibility index (Phi) is 4.75. The minimum absolute atomic E-state index is 0.155. The number of benzene rings is 2. The number of amidine groups is 1. The van der Waals surface area contributed by atoms with Gasteiger partial charge in [0.1, 0.15) is 0 Å². The topological polar surface area (TPSA) is 88.5 Å². The fourth-order valence-electron chi connectivity index (χ4n) is 2.01. The standard InChI is InChI=1S/C15H16F3N5/c1-9-2-7-12(14(19)22-23-20)13(8-9)21-11-5-3-10(4-6-11)15(16,17)18/h2-8,21,23H,20H2,1H3,(H2,19,22). The molecule has 0 heterocycles. The molecule has 0 radical (unpaired) electrons. The van der Waals surface area contributed by atoms with Gasteiger partial charge >= 0.3 is 6.18 Å². The van der Waals surface area contributed by atoms with Crippen LogP contribution in [0.5, 0.6) is 0 Å². The number of rotatable bonds is 4. The van der Waals surface area contributed by atoms with Crippen molar-refractivity contribution in [1.29, 1.82) is 0 Å². The smallest absolute Gasteiger partial charge is 0.382 e. The predicted molar refractivity (Wildman–Crippen MR) is 84.0 cm³/mol. The lowest BCUT2D eigenvalue weighted by molar-refractivity contribution is -0.137.